The van der Waals surface area contributed by atoms with Crippen LogP contribution >= 0.6 is 0 Å². The lowest BCUT2D eigenvalue weighted by Crippen LogP contribution is -2.04. The molecule has 0 saturated heterocycles. The van der Waals surface area contributed by atoms with Crippen molar-refractivity contribution in [1.82, 2.24) is 0 Å². The van der Waals surface area contributed by atoms with E-state index in [1.165, 1.54) is 18.2 Å². The maximum Gasteiger partial charge on any atom is 0.282 e. The maximum absolute atomic E-state index is 11.1. The maximum atomic E-state index is 11.1. The van der Waals surface area contributed by atoms with Crippen LogP contribution in [0.15, 0.2) is 72.8 Å². The van der Waals surface area contributed by atoms with Gasteiger partial charge in [0.2, 0.25) is 0 Å². The van der Waals surface area contributed by atoms with Crippen molar-refractivity contribution in [3.63, 3.8) is 0 Å². The van der Waals surface area contributed by atoms with Crippen molar-refractivity contribution in [2.24, 2.45) is 0 Å². The van der Waals surface area contributed by atoms with Crippen LogP contribution in [0.25, 0.3) is 9.69 Å². The fourth-order valence-electron chi connectivity index (χ4n) is 4.05. The molecule has 0 aromatic heterocycles. The molecule has 0 saturated carbocycles. The highest BCUT2D eigenvalue weighted by Gasteiger charge is 2.15. The standard InChI is InChI=1S/C16H15N3O4.C16H17N3O2/c1-17-12-5-7-14(15(8-12)19(20)21)18-10-11-4-6-13(22-2)9-16(11)23-3;1-18-12-5-7-15(14(17)8-12)19-10-11-4-6-13(20-2)9-16(11)21-3/h4-9,18H,10H2,2-3H3;4-9,19H,10,17H2,2-3H3. The van der Waals surface area contributed by atoms with Crippen LogP contribution in [0.4, 0.5) is 34.1 Å². The van der Waals surface area contributed by atoms with Crippen molar-refractivity contribution in [1.29, 1.82) is 0 Å². The van der Waals surface area contributed by atoms with Gasteiger partial charge in [0.05, 0.1) is 52.2 Å². The number of nitrogens with zero attached hydrogens (tertiary/aromatic N) is 3. The molecule has 0 amide bonds. The predicted octanol–water partition coefficient (Wildman–Crippen LogP) is 7.22. The summed E-state index contributed by atoms with van der Waals surface area (Å²) in [5.74, 6) is 2.78. The molecule has 0 heterocycles. The van der Waals surface area contributed by atoms with E-state index in [1.54, 1.807) is 58.8 Å². The molecule has 0 aliphatic heterocycles. The van der Waals surface area contributed by atoms with Gasteiger partial charge in [-0.25, -0.2) is 9.69 Å². The van der Waals surface area contributed by atoms with Crippen LogP contribution in [0.5, 0.6) is 23.0 Å². The molecule has 0 radical (unpaired) electrons. The fraction of sp³-hybridized carbons (Fsp3) is 0.188. The lowest BCUT2D eigenvalue weighted by molar-refractivity contribution is -0.383. The van der Waals surface area contributed by atoms with Gasteiger partial charge < -0.3 is 35.3 Å². The minimum absolute atomic E-state index is 0.133. The van der Waals surface area contributed by atoms with Crippen molar-refractivity contribution >= 4 is 34.1 Å². The van der Waals surface area contributed by atoms with Crippen molar-refractivity contribution in [2.75, 3.05) is 44.8 Å². The zero-order valence-corrected chi connectivity index (χ0v) is 24.7. The van der Waals surface area contributed by atoms with E-state index in [0.717, 1.165) is 28.3 Å². The highest BCUT2D eigenvalue weighted by molar-refractivity contribution is 5.72. The number of anilines is 3. The van der Waals surface area contributed by atoms with Gasteiger partial charge >= 0.3 is 0 Å². The number of methoxy groups -OCH3 is 4. The van der Waals surface area contributed by atoms with Crippen molar-refractivity contribution in [3.8, 4) is 23.0 Å². The lowest BCUT2D eigenvalue weighted by Gasteiger charge is -2.13. The molecule has 4 N–H and O–H groups in total. The molecule has 4 aromatic rings. The Hall–Kier alpha value is -6.14. The molecule has 44 heavy (non-hydrogen) atoms. The van der Waals surface area contributed by atoms with Crippen molar-refractivity contribution < 1.29 is 23.9 Å². The molecule has 0 aliphatic carbocycles. The van der Waals surface area contributed by atoms with E-state index in [-0.39, 0.29) is 11.4 Å². The van der Waals surface area contributed by atoms with E-state index in [9.17, 15) is 10.1 Å². The molecule has 0 aliphatic rings. The van der Waals surface area contributed by atoms with Crippen LogP contribution in [-0.2, 0) is 13.1 Å². The third kappa shape index (κ3) is 8.44. The van der Waals surface area contributed by atoms with Gasteiger partial charge in [-0.1, -0.05) is 12.1 Å². The van der Waals surface area contributed by atoms with E-state index >= 15 is 0 Å². The second-order valence-electron chi connectivity index (χ2n) is 9.02. The first-order valence-electron chi connectivity index (χ1n) is 13.1. The van der Waals surface area contributed by atoms with Crippen LogP contribution in [0.1, 0.15) is 11.1 Å². The van der Waals surface area contributed by atoms with Crippen LogP contribution in [0.3, 0.4) is 0 Å². The third-order valence-corrected chi connectivity index (χ3v) is 6.40. The average Bonchev–Trinajstić information content (AvgIpc) is 3.06. The topological polar surface area (TPSA) is 139 Å². The number of hydrogen-bond donors (Lipinski definition) is 3. The fourth-order valence-corrected chi connectivity index (χ4v) is 4.05. The summed E-state index contributed by atoms with van der Waals surface area (Å²) in [6.07, 6.45) is 0. The van der Waals surface area contributed by atoms with Gasteiger partial charge in [0.15, 0.2) is 11.4 Å². The number of nitro benzene ring substituents is 1. The van der Waals surface area contributed by atoms with Crippen LogP contribution in [0.2, 0.25) is 0 Å². The van der Waals surface area contributed by atoms with Crippen LogP contribution < -0.4 is 35.3 Å². The summed E-state index contributed by atoms with van der Waals surface area (Å²) in [6, 6.07) is 20.5. The summed E-state index contributed by atoms with van der Waals surface area (Å²) < 4.78 is 21.0. The molecule has 4 aromatic carbocycles. The summed E-state index contributed by atoms with van der Waals surface area (Å²) >= 11 is 0. The molecule has 0 fully saturated rings. The molecular formula is C32H32N6O6. The first kappa shape index (κ1) is 32.4. The molecule has 0 bridgehead atoms. The quantitative estimate of drug-likeness (QED) is 0.0708. The van der Waals surface area contributed by atoms with Gasteiger partial charge in [-0.2, -0.15) is 0 Å². The number of benzene rings is 4. The van der Waals surface area contributed by atoms with E-state index in [1.807, 2.05) is 24.3 Å². The van der Waals surface area contributed by atoms with Gasteiger partial charge in [0, 0.05) is 48.1 Å². The van der Waals surface area contributed by atoms with Crippen molar-refractivity contribution in [3.05, 3.63) is 117 Å². The van der Waals surface area contributed by atoms with Gasteiger partial charge in [0.25, 0.3) is 5.69 Å². The van der Waals surface area contributed by atoms with Gasteiger partial charge in [0.1, 0.15) is 28.7 Å². The Balaban J connectivity index is 0.000000241. The Bertz CT molecular complexity index is 1700. The number of nitro groups is 1. The first-order chi connectivity index (χ1) is 21.3. The monoisotopic (exact) mass is 596 g/mol. The number of rotatable bonds is 11. The first-order valence-corrected chi connectivity index (χ1v) is 13.1. The number of nitrogens with one attached hydrogen (secondary N) is 2. The zero-order valence-electron chi connectivity index (χ0n) is 24.7. The largest absolute Gasteiger partial charge is 0.497 e. The van der Waals surface area contributed by atoms with E-state index < -0.39 is 4.92 Å². The zero-order chi connectivity index (χ0) is 32.1. The van der Waals surface area contributed by atoms with Crippen LogP contribution in [0, 0.1) is 23.3 Å². The molecule has 0 atom stereocenters. The highest BCUT2D eigenvalue weighted by atomic mass is 16.6. The molecule has 226 valence electrons. The van der Waals surface area contributed by atoms with Gasteiger partial charge in [-0.15, -0.1) is 0 Å². The summed E-state index contributed by atoms with van der Waals surface area (Å²) in [5, 5.41) is 17.4. The van der Waals surface area contributed by atoms with Gasteiger partial charge in [-0.05, 0) is 42.5 Å². The Morgan fingerprint density at radius 3 is 1.61 bits per heavy atom. The molecule has 0 spiro atoms. The molecule has 4 rings (SSSR count). The Kier molecular flexibility index (Phi) is 11.6. The van der Waals surface area contributed by atoms with Gasteiger partial charge in [-0.3, -0.25) is 10.1 Å². The predicted molar refractivity (Wildman–Crippen MR) is 170 cm³/mol. The normalized spacial score (nSPS) is 9.77. The van der Waals surface area contributed by atoms with E-state index in [2.05, 4.69) is 20.3 Å². The molecule has 12 heteroatoms. The Morgan fingerprint density at radius 2 is 1.18 bits per heavy atom. The smallest absolute Gasteiger partial charge is 0.282 e. The molecule has 0 unspecified atom stereocenters. The summed E-state index contributed by atoms with van der Waals surface area (Å²) in [6.45, 7) is 14.8. The highest BCUT2D eigenvalue weighted by Crippen LogP contribution is 2.32. The second kappa shape index (κ2) is 15.7. The number of hydrogen-bond acceptors (Lipinski definition) is 9. The van der Waals surface area contributed by atoms with Crippen LogP contribution in [-0.4, -0.2) is 33.4 Å². The van der Waals surface area contributed by atoms with E-state index in [0.29, 0.717) is 41.7 Å². The average molecular weight is 597 g/mol. The SMILES string of the molecule is [C-]#[N+]c1ccc(NCc2ccc(OC)cc2OC)c(N)c1.[C-]#[N+]c1ccc(NCc2ccc(OC)cc2OC)c([N+](=O)[O-])c1. The number of ether oxygens (including phenoxy) is 4. The Labute approximate surface area is 255 Å². The summed E-state index contributed by atoms with van der Waals surface area (Å²) in [5.41, 5.74) is 10.1. The minimum Gasteiger partial charge on any atom is -0.497 e. The summed E-state index contributed by atoms with van der Waals surface area (Å²) in [4.78, 5) is 17.2. The Morgan fingerprint density at radius 1 is 0.705 bits per heavy atom. The third-order valence-electron chi connectivity index (χ3n) is 6.40. The molecule has 12 nitrogen and oxygen atoms in total. The number of nitrogen functional groups attached to an aromatic ring is 1. The molecular weight excluding hydrogens is 564 g/mol. The number of nitrogens with two attached hydrogens (primary N) is 1. The lowest BCUT2D eigenvalue weighted by atomic mass is 10.1. The van der Waals surface area contributed by atoms with Crippen molar-refractivity contribution in [2.45, 2.75) is 13.1 Å². The van der Waals surface area contributed by atoms with E-state index in [4.69, 9.17) is 37.8 Å². The second-order valence-corrected chi connectivity index (χ2v) is 9.02. The minimum atomic E-state index is -0.512. The summed E-state index contributed by atoms with van der Waals surface area (Å²) in [7, 11) is 6.35.